The Kier molecular flexibility index (Phi) is 4.47. The molecule has 0 aliphatic heterocycles. The molecule has 1 aromatic carbocycles. The molecule has 0 spiro atoms. The van der Waals surface area contributed by atoms with Crippen LogP contribution in [0.25, 0.3) is 5.52 Å². The standard InChI is InChI=1S/C23H22ClFN2O/c24-20-11-17(7-10-21(20)25)14-1-5-16(6-2-14)23(28)22-19(15-3-4-15)9-8-18-12-26-13-27(18)22/h7-16H,1-6H2. The van der Waals surface area contributed by atoms with Gasteiger partial charge in [-0.15, -0.1) is 0 Å². The normalized spacial score (nSPS) is 22.5. The van der Waals surface area contributed by atoms with Crippen molar-refractivity contribution >= 4 is 22.9 Å². The monoisotopic (exact) mass is 396 g/mol. The minimum Gasteiger partial charge on any atom is -0.296 e. The third-order valence-corrected chi connectivity index (χ3v) is 6.67. The fourth-order valence-corrected chi connectivity index (χ4v) is 4.83. The van der Waals surface area contributed by atoms with Gasteiger partial charge in [0.25, 0.3) is 0 Å². The number of nitrogens with zero attached hydrogens (tertiary/aromatic N) is 2. The fourth-order valence-electron chi connectivity index (χ4n) is 4.64. The van der Waals surface area contributed by atoms with E-state index >= 15 is 0 Å². The van der Waals surface area contributed by atoms with Gasteiger partial charge in [-0.05, 0) is 79.7 Å². The Morgan fingerprint density at radius 3 is 2.50 bits per heavy atom. The quantitative estimate of drug-likeness (QED) is 0.495. The van der Waals surface area contributed by atoms with Crippen molar-refractivity contribution in [2.45, 2.75) is 50.4 Å². The van der Waals surface area contributed by atoms with Gasteiger partial charge in [0.15, 0.2) is 5.78 Å². The summed E-state index contributed by atoms with van der Waals surface area (Å²) in [6.45, 7) is 0. The highest BCUT2D eigenvalue weighted by molar-refractivity contribution is 6.30. The van der Waals surface area contributed by atoms with Crippen molar-refractivity contribution in [3.63, 3.8) is 0 Å². The van der Waals surface area contributed by atoms with Gasteiger partial charge in [0.1, 0.15) is 5.82 Å². The molecular formula is C23H22ClFN2O. The molecule has 28 heavy (non-hydrogen) atoms. The number of aromatic nitrogens is 2. The highest BCUT2D eigenvalue weighted by Crippen LogP contribution is 2.44. The van der Waals surface area contributed by atoms with Gasteiger partial charge >= 0.3 is 0 Å². The predicted octanol–water partition coefficient (Wildman–Crippen LogP) is 6.16. The highest BCUT2D eigenvalue weighted by Gasteiger charge is 2.34. The number of hydrogen-bond acceptors (Lipinski definition) is 2. The first-order valence-corrected chi connectivity index (χ1v) is 10.4. The van der Waals surface area contributed by atoms with E-state index in [4.69, 9.17) is 11.6 Å². The molecule has 2 saturated carbocycles. The second-order valence-electron chi connectivity index (χ2n) is 8.19. The predicted molar refractivity (Wildman–Crippen MR) is 108 cm³/mol. The van der Waals surface area contributed by atoms with Crippen molar-refractivity contribution in [2.75, 3.05) is 0 Å². The van der Waals surface area contributed by atoms with Gasteiger partial charge in [0.2, 0.25) is 0 Å². The number of carbonyl (C=O) groups is 1. The molecule has 0 saturated heterocycles. The second kappa shape index (κ2) is 7.00. The lowest BCUT2D eigenvalue weighted by Crippen LogP contribution is -2.24. The van der Waals surface area contributed by atoms with Gasteiger partial charge in [-0.1, -0.05) is 23.7 Å². The van der Waals surface area contributed by atoms with Crippen LogP contribution in [0.5, 0.6) is 0 Å². The fraction of sp³-hybridized carbons (Fsp3) is 0.391. The summed E-state index contributed by atoms with van der Waals surface area (Å²) >= 11 is 5.95. The van der Waals surface area contributed by atoms with Gasteiger partial charge < -0.3 is 0 Å². The number of imidazole rings is 1. The maximum absolute atomic E-state index is 13.5. The molecule has 0 atom stereocenters. The van der Waals surface area contributed by atoms with Gasteiger partial charge in [-0.3, -0.25) is 9.20 Å². The molecular weight excluding hydrogens is 375 g/mol. The summed E-state index contributed by atoms with van der Waals surface area (Å²) in [5.41, 5.74) is 4.07. The van der Waals surface area contributed by atoms with Crippen LogP contribution in [0.4, 0.5) is 4.39 Å². The molecule has 5 heteroatoms. The molecule has 144 valence electrons. The molecule has 0 unspecified atom stereocenters. The molecule has 0 amide bonds. The lowest BCUT2D eigenvalue weighted by Gasteiger charge is -2.28. The molecule has 5 rings (SSSR count). The average molecular weight is 397 g/mol. The average Bonchev–Trinajstić information content (AvgIpc) is 3.45. The molecule has 2 aliphatic rings. The van der Waals surface area contributed by atoms with Crippen molar-refractivity contribution in [3.8, 4) is 0 Å². The van der Waals surface area contributed by atoms with Crippen molar-refractivity contribution in [3.05, 3.63) is 70.5 Å². The lowest BCUT2D eigenvalue weighted by atomic mass is 9.76. The minimum atomic E-state index is -0.379. The van der Waals surface area contributed by atoms with E-state index in [-0.39, 0.29) is 22.5 Å². The number of hydrogen-bond donors (Lipinski definition) is 0. The number of halogens is 2. The first kappa shape index (κ1) is 17.9. The second-order valence-corrected chi connectivity index (χ2v) is 8.59. The first-order chi connectivity index (χ1) is 13.6. The Hall–Kier alpha value is -2.20. The van der Waals surface area contributed by atoms with E-state index in [0.29, 0.717) is 11.8 Å². The number of Topliss-reactive ketones (excluding diaryl/α,β-unsaturated/α-hetero) is 1. The maximum Gasteiger partial charge on any atom is 0.182 e. The van der Waals surface area contributed by atoms with E-state index in [1.807, 2.05) is 16.7 Å². The van der Waals surface area contributed by atoms with Gasteiger partial charge in [0, 0.05) is 5.92 Å². The number of benzene rings is 1. The SMILES string of the molecule is O=C(c1c(C2CC2)ccc2cncn12)C1CCC(c2ccc(F)c(Cl)c2)CC1. The molecule has 0 radical (unpaired) electrons. The Morgan fingerprint density at radius 2 is 1.79 bits per heavy atom. The number of carbonyl (C=O) groups excluding carboxylic acids is 1. The van der Waals surface area contributed by atoms with Crippen molar-refractivity contribution < 1.29 is 9.18 Å². The number of rotatable bonds is 4. The zero-order chi connectivity index (χ0) is 19.3. The van der Waals surface area contributed by atoms with Crippen molar-refractivity contribution in [1.82, 2.24) is 9.38 Å². The van der Waals surface area contributed by atoms with Gasteiger partial charge in [0.05, 0.1) is 28.8 Å². The van der Waals surface area contributed by atoms with Gasteiger partial charge in [-0.25, -0.2) is 9.37 Å². The third-order valence-electron chi connectivity index (χ3n) is 6.38. The van der Waals surface area contributed by atoms with Crippen LogP contribution in [0.1, 0.15) is 72.0 Å². The molecule has 2 heterocycles. The minimum absolute atomic E-state index is 0.0395. The van der Waals surface area contributed by atoms with Crippen molar-refractivity contribution in [1.29, 1.82) is 0 Å². The molecule has 0 bridgehead atoms. The molecule has 3 aromatic rings. The topological polar surface area (TPSA) is 34.4 Å². The summed E-state index contributed by atoms with van der Waals surface area (Å²) in [5.74, 6) is 0.770. The summed E-state index contributed by atoms with van der Waals surface area (Å²) < 4.78 is 15.4. The number of fused-ring (bicyclic) bond motifs is 1. The van der Waals surface area contributed by atoms with Crippen LogP contribution in [-0.2, 0) is 0 Å². The maximum atomic E-state index is 13.5. The number of ketones is 1. The molecule has 2 fully saturated rings. The molecule has 0 N–H and O–H groups in total. The van der Waals surface area contributed by atoms with E-state index in [1.54, 1.807) is 12.4 Å². The summed E-state index contributed by atoms with van der Waals surface area (Å²) in [5, 5.41) is 0.177. The van der Waals surface area contributed by atoms with E-state index in [1.165, 1.54) is 24.5 Å². The number of pyridine rings is 1. The van der Waals surface area contributed by atoms with E-state index < -0.39 is 0 Å². The summed E-state index contributed by atoms with van der Waals surface area (Å²) in [6.07, 6.45) is 9.47. The van der Waals surface area contributed by atoms with E-state index in [9.17, 15) is 9.18 Å². The first-order valence-electron chi connectivity index (χ1n) is 10.1. The Labute approximate surface area is 168 Å². The van der Waals surface area contributed by atoms with Crippen LogP contribution >= 0.6 is 11.6 Å². The Morgan fingerprint density at radius 1 is 1.04 bits per heavy atom. The summed E-state index contributed by atoms with van der Waals surface area (Å²) in [4.78, 5) is 17.7. The Balaban J connectivity index is 1.38. The highest BCUT2D eigenvalue weighted by atomic mass is 35.5. The summed E-state index contributed by atoms with van der Waals surface area (Å²) in [7, 11) is 0. The van der Waals surface area contributed by atoms with Crippen LogP contribution in [0.2, 0.25) is 5.02 Å². The van der Waals surface area contributed by atoms with Crippen LogP contribution in [-0.4, -0.2) is 15.2 Å². The largest absolute Gasteiger partial charge is 0.296 e. The van der Waals surface area contributed by atoms with Crippen LogP contribution in [0.15, 0.2) is 42.9 Å². The zero-order valence-electron chi connectivity index (χ0n) is 15.6. The third kappa shape index (κ3) is 3.14. The Bertz CT molecular complexity index is 1050. The zero-order valence-corrected chi connectivity index (χ0v) is 16.3. The van der Waals surface area contributed by atoms with Crippen LogP contribution < -0.4 is 0 Å². The van der Waals surface area contributed by atoms with Crippen LogP contribution in [0, 0.1) is 11.7 Å². The van der Waals surface area contributed by atoms with E-state index in [0.717, 1.165) is 42.5 Å². The molecule has 2 aromatic heterocycles. The van der Waals surface area contributed by atoms with E-state index in [2.05, 4.69) is 17.1 Å². The molecule has 2 aliphatic carbocycles. The van der Waals surface area contributed by atoms with Crippen molar-refractivity contribution in [2.24, 2.45) is 5.92 Å². The summed E-state index contributed by atoms with van der Waals surface area (Å²) in [6, 6.07) is 9.18. The lowest BCUT2D eigenvalue weighted by molar-refractivity contribution is 0.0876. The smallest absolute Gasteiger partial charge is 0.182 e. The van der Waals surface area contributed by atoms with Crippen LogP contribution in [0.3, 0.4) is 0 Å². The van der Waals surface area contributed by atoms with Gasteiger partial charge in [-0.2, -0.15) is 0 Å². The molecule has 3 nitrogen and oxygen atoms in total.